The summed E-state index contributed by atoms with van der Waals surface area (Å²) in [5.41, 5.74) is 1.39. The van der Waals surface area contributed by atoms with E-state index in [4.69, 9.17) is 11.6 Å². The second-order valence-corrected chi connectivity index (χ2v) is 7.75. The van der Waals surface area contributed by atoms with E-state index >= 15 is 0 Å². The third-order valence-electron chi connectivity index (χ3n) is 5.73. The molecule has 2 aliphatic heterocycles. The molecule has 2 aromatic rings. The fourth-order valence-electron chi connectivity index (χ4n) is 4.35. The Labute approximate surface area is 159 Å². The summed E-state index contributed by atoms with van der Waals surface area (Å²) >= 11 is 6.02. The Bertz CT molecular complexity index is 707. The van der Waals surface area contributed by atoms with Crippen LogP contribution in [0.15, 0.2) is 24.3 Å². The van der Waals surface area contributed by atoms with Crippen molar-refractivity contribution in [3.8, 4) is 0 Å². The van der Waals surface area contributed by atoms with Gasteiger partial charge in [-0.05, 0) is 56.3 Å². The van der Waals surface area contributed by atoms with Crippen LogP contribution in [0.25, 0.3) is 0 Å². The van der Waals surface area contributed by atoms with Gasteiger partial charge in [0.15, 0.2) is 0 Å². The fraction of sp³-hybridized carbons (Fsp3) is 0.579. The topological polar surface area (TPSA) is 60.1 Å². The van der Waals surface area contributed by atoms with E-state index in [-0.39, 0.29) is 0 Å². The predicted molar refractivity (Wildman–Crippen MR) is 106 cm³/mol. The van der Waals surface area contributed by atoms with E-state index in [2.05, 4.69) is 42.4 Å². The Morgan fingerprint density at radius 3 is 2.62 bits per heavy atom. The van der Waals surface area contributed by atoms with Gasteiger partial charge in [0.25, 0.3) is 0 Å². The molecule has 1 atom stereocenters. The van der Waals surface area contributed by atoms with Gasteiger partial charge in [0.1, 0.15) is 0 Å². The number of aromatic nitrogens is 3. The van der Waals surface area contributed by atoms with E-state index in [9.17, 15) is 0 Å². The summed E-state index contributed by atoms with van der Waals surface area (Å²) in [5.74, 6) is 1.54. The standard InChI is InChI=1S/C19H27ClN6/c1-21-18-22-19(24-23-18)25-11-8-16(9-12-25)26-10-2-3-17(26)13-14-4-6-15(20)7-5-14/h4-7,16-17H,2-3,8-13H2,1H3,(H2,21,22,23,24). The lowest BCUT2D eigenvalue weighted by molar-refractivity contribution is 0.153. The number of nitrogens with zero attached hydrogens (tertiary/aromatic N) is 4. The molecule has 0 aliphatic carbocycles. The highest BCUT2D eigenvalue weighted by atomic mass is 35.5. The fourth-order valence-corrected chi connectivity index (χ4v) is 4.48. The minimum Gasteiger partial charge on any atom is -0.358 e. The van der Waals surface area contributed by atoms with Gasteiger partial charge in [-0.25, -0.2) is 5.10 Å². The van der Waals surface area contributed by atoms with Crippen molar-refractivity contribution in [2.75, 3.05) is 36.9 Å². The maximum absolute atomic E-state index is 6.02. The number of likely N-dealkylation sites (tertiary alicyclic amines) is 1. The van der Waals surface area contributed by atoms with Crippen molar-refractivity contribution in [3.63, 3.8) is 0 Å². The quantitative estimate of drug-likeness (QED) is 0.841. The molecule has 2 fully saturated rings. The summed E-state index contributed by atoms with van der Waals surface area (Å²) in [6, 6.07) is 9.69. The zero-order valence-electron chi connectivity index (χ0n) is 15.3. The molecule has 1 unspecified atom stereocenters. The van der Waals surface area contributed by atoms with Crippen LogP contribution in [-0.4, -0.2) is 58.8 Å². The Balaban J connectivity index is 1.34. The summed E-state index contributed by atoms with van der Waals surface area (Å²) in [6.07, 6.45) is 6.10. The van der Waals surface area contributed by atoms with Crippen molar-refractivity contribution in [1.29, 1.82) is 0 Å². The van der Waals surface area contributed by atoms with Gasteiger partial charge in [0.2, 0.25) is 11.9 Å². The minimum atomic E-state index is 0.659. The lowest BCUT2D eigenvalue weighted by Gasteiger charge is -2.39. The number of aromatic amines is 1. The van der Waals surface area contributed by atoms with Crippen LogP contribution >= 0.6 is 11.6 Å². The maximum atomic E-state index is 6.02. The third kappa shape index (κ3) is 3.81. The molecule has 7 heteroatoms. The number of rotatable bonds is 5. The van der Waals surface area contributed by atoms with Crippen LogP contribution in [0.3, 0.4) is 0 Å². The van der Waals surface area contributed by atoms with Crippen LogP contribution in [0.4, 0.5) is 11.9 Å². The van der Waals surface area contributed by atoms with Crippen molar-refractivity contribution in [3.05, 3.63) is 34.9 Å². The number of hydrogen-bond acceptors (Lipinski definition) is 5. The minimum absolute atomic E-state index is 0.659. The summed E-state index contributed by atoms with van der Waals surface area (Å²) in [6.45, 7) is 3.28. The molecule has 0 bridgehead atoms. The largest absolute Gasteiger partial charge is 0.358 e. The van der Waals surface area contributed by atoms with Gasteiger partial charge >= 0.3 is 0 Å². The molecule has 1 aromatic carbocycles. The van der Waals surface area contributed by atoms with Gasteiger partial charge in [-0.3, -0.25) is 4.90 Å². The smallest absolute Gasteiger partial charge is 0.246 e. The molecular weight excluding hydrogens is 348 g/mol. The maximum Gasteiger partial charge on any atom is 0.246 e. The highest BCUT2D eigenvalue weighted by Crippen LogP contribution is 2.29. The predicted octanol–water partition coefficient (Wildman–Crippen LogP) is 3.18. The molecule has 4 rings (SSSR count). The summed E-state index contributed by atoms with van der Waals surface area (Å²) in [4.78, 5) is 9.52. The van der Waals surface area contributed by atoms with Crippen molar-refractivity contribution in [2.45, 2.75) is 44.2 Å². The molecule has 2 saturated heterocycles. The normalized spacial score (nSPS) is 22.1. The molecule has 0 saturated carbocycles. The van der Waals surface area contributed by atoms with E-state index in [0.717, 1.165) is 36.4 Å². The van der Waals surface area contributed by atoms with E-state index in [1.807, 2.05) is 19.2 Å². The van der Waals surface area contributed by atoms with Crippen LogP contribution in [-0.2, 0) is 6.42 Å². The molecule has 3 heterocycles. The van der Waals surface area contributed by atoms with Crippen LogP contribution in [0.5, 0.6) is 0 Å². The Morgan fingerprint density at radius 2 is 1.92 bits per heavy atom. The molecule has 6 nitrogen and oxygen atoms in total. The van der Waals surface area contributed by atoms with E-state index < -0.39 is 0 Å². The van der Waals surface area contributed by atoms with Gasteiger partial charge in [-0.15, -0.1) is 5.10 Å². The van der Waals surface area contributed by atoms with Crippen LogP contribution in [0, 0.1) is 0 Å². The molecule has 0 radical (unpaired) electrons. The Kier molecular flexibility index (Phi) is 5.31. The highest BCUT2D eigenvalue weighted by Gasteiger charge is 2.33. The molecule has 0 amide bonds. The number of benzene rings is 1. The molecule has 140 valence electrons. The molecule has 26 heavy (non-hydrogen) atoms. The second kappa shape index (κ2) is 7.84. The molecule has 2 N–H and O–H groups in total. The average molecular weight is 375 g/mol. The number of anilines is 2. The van der Waals surface area contributed by atoms with Crippen LogP contribution in [0.1, 0.15) is 31.2 Å². The Morgan fingerprint density at radius 1 is 1.15 bits per heavy atom. The zero-order chi connectivity index (χ0) is 17.9. The summed E-state index contributed by atoms with van der Waals surface area (Å²) < 4.78 is 0. The van der Waals surface area contributed by atoms with Crippen molar-refractivity contribution < 1.29 is 0 Å². The highest BCUT2D eigenvalue weighted by molar-refractivity contribution is 6.30. The molecular formula is C19H27ClN6. The number of halogens is 1. The van der Waals surface area contributed by atoms with Crippen LogP contribution < -0.4 is 10.2 Å². The first-order valence-corrected chi connectivity index (χ1v) is 9.96. The number of piperidine rings is 1. The third-order valence-corrected chi connectivity index (χ3v) is 5.99. The van der Waals surface area contributed by atoms with Gasteiger partial charge < -0.3 is 10.2 Å². The first-order valence-electron chi connectivity index (χ1n) is 9.58. The number of hydrogen-bond donors (Lipinski definition) is 2. The van der Waals surface area contributed by atoms with E-state index in [0.29, 0.717) is 12.1 Å². The summed E-state index contributed by atoms with van der Waals surface area (Å²) in [7, 11) is 1.85. The SMILES string of the molecule is CNc1nc(N2CCC(N3CCCC3Cc3ccc(Cl)cc3)CC2)n[nH]1. The van der Waals surface area contributed by atoms with Gasteiger partial charge in [0.05, 0.1) is 0 Å². The first kappa shape index (κ1) is 17.6. The lowest BCUT2D eigenvalue weighted by Crippen LogP contribution is -2.47. The molecule has 1 aromatic heterocycles. The average Bonchev–Trinajstić information content (AvgIpc) is 3.33. The van der Waals surface area contributed by atoms with Gasteiger partial charge in [-0.1, -0.05) is 23.7 Å². The van der Waals surface area contributed by atoms with Crippen LogP contribution in [0.2, 0.25) is 5.02 Å². The van der Waals surface area contributed by atoms with Crippen molar-refractivity contribution >= 4 is 23.5 Å². The number of nitrogens with one attached hydrogen (secondary N) is 2. The molecule has 2 aliphatic rings. The lowest BCUT2D eigenvalue weighted by atomic mass is 9.99. The number of H-pyrrole nitrogens is 1. The van der Waals surface area contributed by atoms with Crippen molar-refractivity contribution in [2.24, 2.45) is 0 Å². The molecule has 0 spiro atoms. The van der Waals surface area contributed by atoms with Crippen molar-refractivity contribution in [1.82, 2.24) is 20.1 Å². The van der Waals surface area contributed by atoms with E-state index in [1.165, 1.54) is 37.8 Å². The Hall–Kier alpha value is -1.79. The first-order chi connectivity index (χ1) is 12.7. The zero-order valence-corrected chi connectivity index (χ0v) is 16.0. The van der Waals surface area contributed by atoms with Gasteiger partial charge in [-0.2, -0.15) is 4.98 Å². The summed E-state index contributed by atoms with van der Waals surface area (Å²) in [5, 5.41) is 11.1. The van der Waals surface area contributed by atoms with Gasteiger partial charge in [0, 0.05) is 37.2 Å². The van der Waals surface area contributed by atoms with E-state index in [1.54, 1.807) is 0 Å². The monoisotopic (exact) mass is 374 g/mol. The second-order valence-electron chi connectivity index (χ2n) is 7.32.